The largest absolute Gasteiger partial charge is 0.478 e. The predicted molar refractivity (Wildman–Crippen MR) is 95.4 cm³/mol. The van der Waals surface area contributed by atoms with E-state index in [2.05, 4.69) is 5.32 Å². The standard InChI is InChI=1S/C20H19NO5/c1-3-12-4-9-16-14(10-12)11-20(2,26-18(16)24)19(25)21-15-7-5-13(6-8-15)17(22)23/h4-10H,3,11H2,1-2H3,(H,21,25)(H,22,23). The number of benzene rings is 2. The molecule has 3 rings (SSSR count). The molecule has 26 heavy (non-hydrogen) atoms. The number of ether oxygens (including phenoxy) is 1. The number of aromatic carboxylic acids is 1. The van der Waals surface area contributed by atoms with Crippen LogP contribution in [0.4, 0.5) is 5.69 Å². The van der Waals surface area contributed by atoms with Gasteiger partial charge in [0.2, 0.25) is 0 Å². The number of carbonyl (C=O) groups excluding carboxylic acids is 2. The van der Waals surface area contributed by atoms with Crippen LogP contribution in [0.15, 0.2) is 42.5 Å². The van der Waals surface area contributed by atoms with Crippen LogP contribution < -0.4 is 5.32 Å². The Balaban J connectivity index is 1.82. The van der Waals surface area contributed by atoms with Crippen LogP contribution in [0.25, 0.3) is 0 Å². The number of aryl methyl sites for hydroxylation is 1. The Morgan fingerprint density at radius 2 is 1.88 bits per heavy atom. The predicted octanol–water partition coefficient (Wildman–Crippen LogP) is 3.06. The maximum absolute atomic E-state index is 12.7. The number of nitrogens with one attached hydrogen (secondary N) is 1. The van der Waals surface area contributed by atoms with Gasteiger partial charge in [-0.05, 0) is 54.8 Å². The topological polar surface area (TPSA) is 92.7 Å². The van der Waals surface area contributed by atoms with Gasteiger partial charge in [0.05, 0.1) is 11.1 Å². The lowest BCUT2D eigenvalue weighted by Gasteiger charge is -2.33. The summed E-state index contributed by atoms with van der Waals surface area (Å²) >= 11 is 0. The fraction of sp³-hybridized carbons (Fsp3) is 0.250. The van der Waals surface area contributed by atoms with Gasteiger partial charge in [0, 0.05) is 12.1 Å². The molecule has 6 heteroatoms. The smallest absolute Gasteiger partial charge is 0.339 e. The summed E-state index contributed by atoms with van der Waals surface area (Å²) in [6.07, 6.45) is 1.11. The molecule has 1 amide bonds. The lowest BCUT2D eigenvalue weighted by molar-refractivity contribution is -0.134. The van der Waals surface area contributed by atoms with Crippen LogP contribution in [0.1, 0.15) is 45.7 Å². The number of carboxylic acid groups (broad SMARTS) is 1. The quantitative estimate of drug-likeness (QED) is 0.824. The molecule has 1 atom stereocenters. The third-order valence-corrected chi connectivity index (χ3v) is 4.51. The highest BCUT2D eigenvalue weighted by Gasteiger charge is 2.42. The highest BCUT2D eigenvalue weighted by Crippen LogP contribution is 2.30. The normalized spacial score (nSPS) is 18.6. The van der Waals surface area contributed by atoms with Gasteiger partial charge in [0.15, 0.2) is 5.60 Å². The molecule has 6 nitrogen and oxygen atoms in total. The molecule has 0 spiro atoms. The fourth-order valence-electron chi connectivity index (χ4n) is 2.96. The number of hydrogen-bond donors (Lipinski definition) is 2. The van der Waals surface area contributed by atoms with E-state index in [9.17, 15) is 14.4 Å². The third kappa shape index (κ3) is 3.31. The van der Waals surface area contributed by atoms with E-state index in [1.54, 1.807) is 13.0 Å². The first-order chi connectivity index (χ1) is 12.3. The average Bonchev–Trinajstić information content (AvgIpc) is 2.61. The molecule has 0 aromatic heterocycles. The molecule has 0 aliphatic carbocycles. The number of rotatable bonds is 4. The molecule has 0 radical (unpaired) electrons. The van der Waals surface area contributed by atoms with Crippen LogP contribution in [0.3, 0.4) is 0 Å². The van der Waals surface area contributed by atoms with Crippen LogP contribution in [0.2, 0.25) is 0 Å². The molecule has 0 bridgehead atoms. The highest BCUT2D eigenvalue weighted by atomic mass is 16.6. The Morgan fingerprint density at radius 1 is 1.19 bits per heavy atom. The zero-order chi connectivity index (χ0) is 18.9. The van der Waals surface area contributed by atoms with Crippen molar-refractivity contribution in [3.05, 3.63) is 64.7 Å². The van der Waals surface area contributed by atoms with Crippen LogP contribution in [0.5, 0.6) is 0 Å². The summed E-state index contributed by atoms with van der Waals surface area (Å²) in [5, 5.41) is 11.6. The van der Waals surface area contributed by atoms with Gasteiger partial charge in [-0.2, -0.15) is 0 Å². The first-order valence-electron chi connectivity index (χ1n) is 8.32. The second kappa shape index (κ2) is 6.63. The van der Waals surface area contributed by atoms with Gasteiger partial charge in [0.1, 0.15) is 0 Å². The third-order valence-electron chi connectivity index (χ3n) is 4.51. The first-order valence-corrected chi connectivity index (χ1v) is 8.32. The Bertz CT molecular complexity index is 888. The molecule has 0 fully saturated rings. The van der Waals surface area contributed by atoms with Crippen molar-refractivity contribution in [1.82, 2.24) is 0 Å². The summed E-state index contributed by atoms with van der Waals surface area (Å²) in [6.45, 7) is 3.60. The van der Waals surface area contributed by atoms with Crippen molar-refractivity contribution in [3.63, 3.8) is 0 Å². The lowest BCUT2D eigenvalue weighted by Crippen LogP contribution is -2.49. The molecule has 2 aromatic rings. The van der Waals surface area contributed by atoms with Crippen molar-refractivity contribution in [2.75, 3.05) is 5.32 Å². The second-order valence-electron chi connectivity index (χ2n) is 6.48. The monoisotopic (exact) mass is 353 g/mol. The molecule has 134 valence electrons. The Labute approximate surface area is 150 Å². The van der Waals surface area contributed by atoms with Crippen LogP contribution in [-0.2, 0) is 22.4 Å². The van der Waals surface area contributed by atoms with E-state index in [0.717, 1.165) is 17.5 Å². The zero-order valence-corrected chi connectivity index (χ0v) is 14.5. The number of amides is 1. The molecule has 2 aromatic carbocycles. The van der Waals surface area contributed by atoms with Crippen molar-refractivity contribution in [2.45, 2.75) is 32.3 Å². The van der Waals surface area contributed by atoms with E-state index in [-0.39, 0.29) is 12.0 Å². The van der Waals surface area contributed by atoms with Gasteiger partial charge in [-0.3, -0.25) is 4.79 Å². The minimum Gasteiger partial charge on any atom is -0.478 e. The average molecular weight is 353 g/mol. The molecule has 1 unspecified atom stereocenters. The van der Waals surface area contributed by atoms with Gasteiger partial charge in [-0.25, -0.2) is 9.59 Å². The van der Waals surface area contributed by atoms with E-state index in [1.807, 2.05) is 19.1 Å². The van der Waals surface area contributed by atoms with Crippen molar-refractivity contribution < 1.29 is 24.2 Å². The minimum atomic E-state index is -1.33. The van der Waals surface area contributed by atoms with Crippen LogP contribution in [0, 0.1) is 0 Å². The Hall–Kier alpha value is -3.15. The van der Waals surface area contributed by atoms with Crippen molar-refractivity contribution >= 4 is 23.5 Å². The summed E-state index contributed by atoms with van der Waals surface area (Å²) in [5.41, 5.74) is 1.59. The van der Waals surface area contributed by atoms with E-state index in [0.29, 0.717) is 11.3 Å². The molecule has 0 saturated carbocycles. The van der Waals surface area contributed by atoms with Gasteiger partial charge >= 0.3 is 11.9 Å². The lowest BCUT2D eigenvalue weighted by atomic mass is 9.88. The van der Waals surface area contributed by atoms with E-state index < -0.39 is 23.4 Å². The number of fused-ring (bicyclic) bond motifs is 1. The van der Waals surface area contributed by atoms with E-state index in [1.165, 1.54) is 24.3 Å². The summed E-state index contributed by atoms with van der Waals surface area (Å²) in [4.78, 5) is 35.9. The van der Waals surface area contributed by atoms with Gasteiger partial charge in [-0.15, -0.1) is 0 Å². The first kappa shape index (κ1) is 17.7. The fourth-order valence-corrected chi connectivity index (χ4v) is 2.96. The number of esters is 1. The molecule has 2 N–H and O–H groups in total. The maximum atomic E-state index is 12.7. The summed E-state index contributed by atoms with van der Waals surface area (Å²) < 4.78 is 5.42. The summed E-state index contributed by atoms with van der Waals surface area (Å²) in [7, 11) is 0. The van der Waals surface area contributed by atoms with E-state index >= 15 is 0 Å². The number of carbonyl (C=O) groups is 3. The number of hydrogen-bond acceptors (Lipinski definition) is 4. The second-order valence-corrected chi connectivity index (χ2v) is 6.48. The maximum Gasteiger partial charge on any atom is 0.339 e. The molecular formula is C20H19NO5. The van der Waals surface area contributed by atoms with Crippen molar-refractivity contribution in [3.8, 4) is 0 Å². The molecular weight excluding hydrogens is 334 g/mol. The van der Waals surface area contributed by atoms with Crippen molar-refractivity contribution in [2.24, 2.45) is 0 Å². The van der Waals surface area contributed by atoms with Crippen LogP contribution in [-0.4, -0.2) is 28.6 Å². The zero-order valence-electron chi connectivity index (χ0n) is 14.5. The van der Waals surface area contributed by atoms with Crippen LogP contribution >= 0.6 is 0 Å². The molecule has 0 saturated heterocycles. The van der Waals surface area contributed by atoms with Gasteiger partial charge < -0.3 is 15.2 Å². The minimum absolute atomic E-state index is 0.124. The molecule has 1 heterocycles. The highest BCUT2D eigenvalue weighted by molar-refractivity contribution is 6.02. The summed E-state index contributed by atoms with van der Waals surface area (Å²) in [5.74, 6) is -2.02. The Morgan fingerprint density at radius 3 is 2.50 bits per heavy atom. The number of cyclic esters (lactones) is 1. The SMILES string of the molecule is CCc1ccc2c(c1)CC(C)(C(=O)Nc1ccc(C(=O)O)cc1)OC2=O. The Kier molecular flexibility index (Phi) is 4.50. The van der Waals surface area contributed by atoms with Gasteiger partial charge in [-0.1, -0.05) is 19.1 Å². The summed E-state index contributed by atoms with van der Waals surface area (Å²) in [6, 6.07) is 11.3. The molecule has 1 aliphatic heterocycles. The van der Waals surface area contributed by atoms with Gasteiger partial charge in [0.25, 0.3) is 5.91 Å². The van der Waals surface area contributed by atoms with E-state index in [4.69, 9.17) is 9.84 Å². The molecule has 1 aliphatic rings. The van der Waals surface area contributed by atoms with Crippen molar-refractivity contribution in [1.29, 1.82) is 0 Å². The number of carboxylic acids is 1. The number of anilines is 1.